The summed E-state index contributed by atoms with van der Waals surface area (Å²) in [6.45, 7) is 5.11. The summed E-state index contributed by atoms with van der Waals surface area (Å²) in [4.78, 5) is 2.20. The third kappa shape index (κ3) is 5.17. The minimum Gasteiger partial charge on any atom is -0.390 e. The van der Waals surface area contributed by atoms with Crippen molar-refractivity contribution in [3.63, 3.8) is 0 Å². The van der Waals surface area contributed by atoms with Crippen molar-refractivity contribution >= 4 is 0 Å². The lowest BCUT2D eigenvalue weighted by molar-refractivity contribution is 0.0150. The van der Waals surface area contributed by atoms with E-state index in [9.17, 15) is 9.50 Å². The van der Waals surface area contributed by atoms with Crippen molar-refractivity contribution in [2.45, 2.75) is 12.5 Å². The molecule has 5 heteroatoms. The topological polar surface area (TPSA) is 44.7 Å². The van der Waals surface area contributed by atoms with E-state index in [1.807, 2.05) is 6.07 Å². The standard InChI is InChI=1S/C15H23FN2O2/c16-15-4-2-1-3-13(15)5-6-17-11-14(19)12-18-7-9-20-10-8-18/h1-4,14,17,19H,5-12H2. The summed E-state index contributed by atoms with van der Waals surface area (Å²) < 4.78 is 18.7. The largest absolute Gasteiger partial charge is 0.390 e. The third-order valence-corrected chi connectivity index (χ3v) is 3.48. The number of morpholine rings is 1. The van der Waals surface area contributed by atoms with Gasteiger partial charge in [-0.25, -0.2) is 4.39 Å². The zero-order valence-electron chi connectivity index (χ0n) is 11.7. The zero-order chi connectivity index (χ0) is 14.2. The van der Waals surface area contributed by atoms with E-state index in [0.717, 1.165) is 26.3 Å². The summed E-state index contributed by atoms with van der Waals surface area (Å²) in [5.74, 6) is -0.164. The second-order valence-corrected chi connectivity index (χ2v) is 5.11. The lowest BCUT2D eigenvalue weighted by Gasteiger charge is -2.28. The van der Waals surface area contributed by atoms with Gasteiger partial charge in [0, 0.05) is 26.2 Å². The average Bonchev–Trinajstić information content (AvgIpc) is 2.46. The van der Waals surface area contributed by atoms with Crippen molar-refractivity contribution in [3.8, 4) is 0 Å². The van der Waals surface area contributed by atoms with Crippen LogP contribution < -0.4 is 5.32 Å². The van der Waals surface area contributed by atoms with Gasteiger partial charge in [0.1, 0.15) is 5.82 Å². The highest BCUT2D eigenvalue weighted by Crippen LogP contribution is 2.06. The molecule has 1 aliphatic rings. The average molecular weight is 282 g/mol. The number of nitrogens with zero attached hydrogens (tertiary/aromatic N) is 1. The Morgan fingerprint density at radius 1 is 1.30 bits per heavy atom. The van der Waals surface area contributed by atoms with Gasteiger partial charge >= 0.3 is 0 Å². The summed E-state index contributed by atoms with van der Waals surface area (Å²) in [7, 11) is 0. The van der Waals surface area contributed by atoms with Crippen molar-refractivity contribution in [3.05, 3.63) is 35.6 Å². The van der Waals surface area contributed by atoms with E-state index in [-0.39, 0.29) is 5.82 Å². The molecular formula is C15H23FN2O2. The van der Waals surface area contributed by atoms with E-state index in [1.54, 1.807) is 12.1 Å². The minimum atomic E-state index is -0.395. The van der Waals surface area contributed by atoms with Gasteiger partial charge in [0.15, 0.2) is 0 Å². The molecule has 1 heterocycles. The van der Waals surface area contributed by atoms with Crippen molar-refractivity contribution in [1.82, 2.24) is 10.2 Å². The zero-order valence-corrected chi connectivity index (χ0v) is 11.7. The Labute approximate surface area is 119 Å². The van der Waals surface area contributed by atoms with Gasteiger partial charge in [-0.15, -0.1) is 0 Å². The number of hydrogen-bond donors (Lipinski definition) is 2. The Balaban J connectivity index is 1.59. The van der Waals surface area contributed by atoms with Crippen LogP contribution in [0.1, 0.15) is 5.56 Å². The summed E-state index contributed by atoms with van der Waals surface area (Å²) in [6.07, 6.45) is 0.241. The smallest absolute Gasteiger partial charge is 0.126 e. The van der Waals surface area contributed by atoms with Gasteiger partial charge in [0.25, 0.3) is 0 Å². The van der Waals surface area contributed by atoms with E-state index >= 15 is 0 Å². The maximum Gasteiger partial charge on any atom is 0.126 e. The SMILES string of the molecule is OC(CNCCc1ccccc1F)CN1CCOCC1. The first-order chi connectivity index (χ1) is 9.75. The maximum atomic E-state index is 13.4. The lowest BCUT2D eigenvalue weighted by Crippen LogP contribution is -2.43. The third-order valence-electron chi connectivity index (χ3n) is 3.48. The molecule has 2 rings (SSSR count). The normalized spacial score (nSPS) is 18.1. The quantitative estimate of drug-likeness (QED) is 0.721. The first-order valence-electron chi connectivity index (χ1n) is 7.18. The van der Waals surface area contributed by atoms with E-state index in [2.05, 4.69) is 10.2 Å². The summed E-state index contributed by atoms with van der Waals surface area (Å²) in [6, 6.07) is 6.80. The first kappa shape index (κ1) is 15.4. The number of hydrogen-bond acceptors (Lipinski definition) is 4. The number of aliphatic hydroxyl groups excluding tert-OH is 1. The number of rotatable bonds is 7. The van der Waals surface area contributed by atoms with Crippen LogP contribution in [0.4, 0.5) is 4.39 Å². The van der Waals surface area contributed by atoms with Gasteiger partial charge in [-0.1, -0.05) is 18.2 Å². The van der Waals surface area contributed by atoms with Crippen LogP contribution in [0.25, 0.3) is 0 Å². The fourth-order valence-corrected chi connectivity index (χ4v) is 2.34. The first-order valence-corrected chi connectivity index (χ1v) is 7.18. The number of aliphatic hydroxyl groups is 1. The molecule has 4 nitrogen and oxygen atoms in total. The maximum absolute atomic E-state index is 13.4. The van der Waals surface area contributed by atoms with Crippen LogP contribution >= 0.6 is 0 Å². The molecule has 1 aromatic carbocycles. The van der Waals surface area contributed by atoms with Crippen LogP contribution in [-0.2, 0) is 11.2 Å². The molecule has 0 saturated carbocycles. The van der Waals surface area contributed by atoms with E-state index in [4.69, 9.17) is 4.74 Å². The number of nitrogens with one attached hydrogen (secondary N) is 1. The molecular weight excluding hydrogens is 259 g/mol. The molecule has 0 amide bonds. The fourth-order valence-electron chi connectivity index (χ4n) is 2.34. The van der Waals surface area contributed by atoms with Gasteiger partial charge in [0.2, 0.25) is 0 Å². The Hall–Kier alpha value is -1.01. The molecule has 1 saturated heterocycles. The predicted molar refractivity (Wildman–Crippen MR) is 76.2 cm³/mol. The molecule has 0 radical (unpaired) electrons. The van der Waals surface area contributed by atoms with Crippen LogP contribution in [0.3, 0.4) is 0 Å². The molecule has 1 aliphatic heterocycles. The summed E-state index contributed by atoms with van der Waals surface area (Å²) in [5.41, 5.74) is 0.711. The van der Waals surface area contributed by atoms with Gasteiger partial charge < -0.3 is 15.2 Å². The number of halogens is 1. The monoisotopic (exact) mass is 282 g/mol. The lowest BCUT2D eigenvalue weighted by atomic mass is 10.1. The molecule has 1 atom stereocenters. The van der Waals surface area contributed by atoms with Crippen molar-refractivity contribution in [2.24, 2.45) is 0 Å². The van der Waals surface area contributed by atoms with Gasteiger partial charge in [-0.05, 0) is 24.6 Å². The Kier molecular flexibility index (Phi) is 6.39. The Morgan fingerprint density at radius 2 is 2.05 bits per heavy atom. The highest BCUT2D eigenvalue weighted by atomic mass is 19.1. The van der Waals surface area contributed by atoms with Crippen molar-refractivity contribution < 1.29 is 14.2 Å². The molecule has 0 spiro atoms. The number of β-amino-alcohol motifs (C(OH)–C–C–N with tert-alkyl or cyclic N) is 1. The summed E-state index contributed by atoms with van der Waals surface area (Å²) in [5, 5.41) is 13.1. The number of benzene rings is 1. The van der Waals surface area contributed by atoms with Crippen molar-refractivity contribution in [1.29, 1.82) is 0 Å². The molecule has 0 bridgehead atoms. The van der Waals surface area contributed by atoms with E-state index in [0.29, 0.717) is 31.6 Å². The summed E-state index contributed by atoms with van der Waals surface area (Å²) >= 11 is 0. The van der Waals surface area contributed by atoms with Crippen LogP contribution in [0.5, 0.6) is 0 Å². The molecule has 2 N–H and O–H groups in total. The van der Waals surface area contributed by atoms with Crippen LogP contribution in [0.2, 0.25) is 0 Å². The van der Waals surface area contributed by atoms with Crippen LogP contribution in [-0.4, -0.2) is 62.0 Å². The highest BCUT2D eigenvalue weighted by Gasteiger charge is 2.14. The minimum absolute atomic E-state index is 0.164. The van der Waals surface area contributed by atoms with Crippen LogP contribution in [0, 0.1) is 5.82 Å². The number of ether oxygens (including phenoxy) is 1. The second-order valence-electron chi connectivity index (χ2n) is 5.11. The van der Waals surface area contributed by atoms with E-state index < -0.39 is 6.10 Å². The predicted octanol–water partition coefficient (Wildman–Crippen LogP) is 0.651. The Morgan fingerprint density at radius 3 is 2.80 bits per heavy atom. The molecule has 0 aliphatic carbocycles. The van der Waals surface area contributed by atoms with Gasteiger partial charge in [-0.3, -0.25) is 4.90 Å². The van der Waals surface area contributed by atoms with Gasteiger partial charge in [-0.2, -0.15) is 0 Å². The van der Waals surface area contributed by atoms with Crippen LogP contribution in [0.15, 0.2) is 24.3 Å². The molecule has 112 valence electrons. The second kappa shape index (κ2) is 8.32. The molecule has 1 fully saturated rings. The fraction of sp³-hybridized carbons (Fsp3) is 0.600. The van der Waals surface area contributed by atoms with Crippen molar-refractivity contribution in [2.75, 3.05) is 45.9 Å². The van der Waals surface area contributed by atoms with Gasteiger partial charge in [0.05, 0.1) is 19.3 Å². The molecule has 1 aromatic rings. The highest BCUT2D eigenvalue weighted by molar-refractivity contribution is 5.17. The van der Waals surface area contributed by atoms with E-state index in [1.165, 1.54) is 6.07 Å². The Bertz CT molecular complexity index is 397. The molecule has 20 heavy (non-hydrogen) atoms. The molecule has 0 aromatic heterocycles. The molecule has 1 unspecified atom stereocenters.